The summed E-state index contributed by atoms with van der Waals surface area (Å²) in [5.74, 6) is -2.40. The molecule has 2 aromatic rings. The Morgan fingerprint density at radius 2 is 1.50 bits per heavy atom. The molecule has 0 spiro atoms. The van der Waals surface area contributed by atoms with Crippen LogP contribution in [0.25, 0.3) is 0 Å². The number of aliphatic carboxylic acids is 1. The maximum Gasteiger partial charge on any atom is 0.416 e. The molecule has 30 heavy (non-hydrogen) atoms. The number of hydrogen-bond donors (Lipinski definition) is 2. The van der Waals surface area contributed by atoms with E-state index in [2.05, 4.69) is 5.32 Å². The minimum Gasteiger partial charge on any atom is -0.480 e. The molecule has 0 saturated heterocycles. The van der Waals surface area contributed by atoms with Crippen LogP contribution in [0.3, 0.4) is 0 Å². The van der Waals surface area contributed by atoms with Crippen LogP contribution in [0.15, 0.2) is 42.5 Å². The van der Waals surface area contributed by atoms with E-state index in [-0.39, 0.29) is 12.5 Å². The van der Waals surface area contributed by atoms with E-state index in [1.165, 1.54) is 0 Å². The Labute approximate surface area is 180 Å². The van der Waals surface area contributed by atoms with Gasteiger partial charge in [-0.1, -0.05) is 12.1 Å². The number of rotatable bonds is 6. The van der Waals surface area contributed by atoms with Gasteiger partial charge in [-0.2, -0.15) is 26.3 Å². The number of carboxylic acid groups (broad SMARTS) is 1. The van der Waals surface area contributed by atoms with Crippen molar-refractivity contribution in [2.75, 3.05) is 0 Å². The fraction of sp³-hybridized carbons (Fsp3) is 0.263. The van der Waals surface area contributed by atoms with Gasteiger partial charge < -0.3 is 10.4 Å². The van der Waals surface area contributed by atoms with Gasteiger partial charge in [0, 0.05) is 9.99 Å². The third-order valence-electron chi connectivity index (χ3n) is 3.97. The van der Waals surface area contributed by atoms with Crippen LogP contribution >= 0.6 is 22.6 Å². The number of benzene rings is 2. The van der Waals surface area contributed by atoms with Gasteiger partial charge in [0.15, 0.2) is 0 Å². The van der Waals surface area contributed by atoms with Crippen LogP contribution in [0.1, 0.15) is 22.3 Å². The highest BCUT2D eigenvalue weighted by atomic mass is 127. The molecule has 2 N–H and O–H groups in total. The fourth-order valence-electron chi connectivity index (χ4n) is 2.65. The van der Waals surface area contributed by atoms with Gasteiger partial charge in [0.05, 0.1) is 17.5 Å². The van der Waals surface area contributed by atoms with Crippen molar-refractivity contribution in [3.63, 3.8) is 0 Å². The first kappa shape index (κ1) is 24.0. The Morgan fingerprint density at radius 1 is 0.933 bits per heavy atom. The first-order valence-corrected chi connectivity index (χ1v) is 9.38. The van der Waals surface area contributed by atoms with Crippen molar-refractivity contribution in [2.45, 2.75) is 31.2 Å². The predicted octanol–water partition coefficient (Wildman–Crippen LogP) is 4.68. The maximum absolute atomic E-state index is 12.9. The third kappa shape index (κ3) is 6.89. The van der Waals surface area contributed by atoms with Crippen molar-refractivity contribution >= 4 is 34.5 Å². The van der Waals surface area contributed by atoms with Crippen LogP contribution in [0.5, 0.6) is 0 Å². The molecule has 0 aliphatic heterocycles. The summed E-state index contributed by atoms with van der Waals surface area (Å²) >= 11 is 2.01. The molecule has 1 amide bonds. The zero-order valence-corrected chi connectivity index (χ0v) is 17.1. The Morgan fingerprint density at radius 3 is 1.97 bits per heavy atom. The molecule has 162 valence electrons. The number of nitrogens with one attached hydrogen (secondary N) is 1. The van der Waals surface area contributed by atoms with Crippen molar-refractivity contribution in [3.8, 4) is 0 Å². The maximum atomic E-state index is 12.9. The molecular weight excluding hydrogens is 531 g/mol. The van der Waals surface area contributed by atoms with Gasteiger partial charge in [-0.25, -0.2) is 4.79 Å². The molecule has 0 heterocycles. The first-order valence-electron chi connectivity index (χ1n) is 8.30. The van der Waals surface area contributed by atoms with Crippen molar-refractivity contribution in [1.82, 2.24) is 5.32 Å². The molecule has 0 bridgehead atoms. The summed E-state index contributed by atoms with van der Waals surface area (Å²) < 4.78 is 78.3. The molecule has 1 atom stereocenters. The number of carbonyl (C=O) groups excluding carboxylic acids is 1. The number of amides is 1. The first-order chi connectivity index (χ1) is 13.8. The van der Waals surface area contributed by atoms with E-state index in [9.17, 15) is 41.0 Å². The van der Waals surface area contributed by atoms with Crippen molar-refractivity contribution < 1.29 is 41.0 Å². The molecule has 0 aliphatic carbocycles. The normalized spacial score (nSPS) is 13.0. The topological polar surface area (TPSA) is 66.4 Å². The number of carbonyl (C=O) groups is 2. The average molecular weight is 545 g/mol. The van der Waals surface area contributed by atoms with Crippen molar-refractivity contribution in [3.05, 3.63) is 68.3 Å². The Hall–Kier alpha value is -2.31. The number of halogens is 7. The van der Waals surface area contributed by atoms with E-state index in [0.717, 1.165) is 3.57 Å². The Balaban J connectivity index is 2.21. The largest absolute Gasteiger partial charge is 0.480 e. The second-order valence-electron chi connectivity index (χ2n) is 6.38. The highest BCUT2D eigenvalue weighted by Gasteiger charge is 2.37. The van der Waals surface area contributed by atoms with E-state index < -0.39 is 53.4 Å². The van der Waals surface area contributed by atoms with Crippen LogP contribution in [0.4, 0.5) is 26.3 Å². The fourth-order valence-corrected chi connectivity index (χ4v) is 3.26. The summed E-state index contributed by atoms with van der Waals surface area (Å²) in [7, 11) is 0. The molecular formula is C19H14F6INO3. The summed E-state index contributed by atoms with van der Waals surface area (Å²) in [6, 6.07) is 6.19. The van der Waals surface area contributed by atoms with Crippen LogP contribution in [0.2, 0.25) is 0 Å². The smallest absolute Gasteiger partial charge is 0.416 e. The lowest BCUT2D eigenvalue weighted by Gasteiger charge is -2.17. The predicted molar refractivity (Wildman–Crippen MR) is 103 cm³/mol. The Kier molecular flexibility index (Phi) is 7.37. The van der Waals surface area contributed by atoms with Gasteiger partial charge in [-0.15, -0.1) is 0 Å². The van der Waals surface area contributed by atoms with Crippen LogP contribution < -0.4 is 5.32 Å². The molecule has 0 aliphatic rings. The van der Waals surface area contributed by atoms with E-state index in [1.54, 1.807) is 24.3 Å². The highest BCUT2D eigenvalue weighted by Crippen LogP contribution is 2.36. The minimum atomic E-state index is -5.04. The Bertz CT molecular complexity index is 910. The second kappa shape index (κ2) is 9.23. The van der Waals surface area contributed by atoms with E-state index >= 15 is 0 Å². The van der Waals surface area contributed by atoms with Gasteiger partial charge in [-0.05, 0) is 64.0 Å². The molecule has 0 radical (unpaired) electrons. The average Bonchev–Trinajstić information content (AvgIpc) is 2.59. The lowest BCUT2D eigenvalue weighted by atomic mass is 10.0. The molecule has 0 saturated carbocycles. The molecule has 2 rings (SSSR count). The SMILES string of the molecule is O=C(Cc1cc(C(F)(F)F)cc(C(F)(F)F)c1)N[C@H](Cc1cccc(I)c1)C(=O)O. The minimum absolute atomic E-state index is 0.0432. The number of alkyl halides is 6. The summed E-state index contributed by atoms with van der Waals surface area (Å²) in [5.41, 5.74) is -3.04. The summed E-state index contributed by atoms with van der Waals surface area (Å²) in [4.78, 5) is 23.6. The highest BCUT2D eigenvalue weighted by molar-refractivity contribution is 14.1. The van der Waals surface area contributed by atoms with Crippen LogP contribution in [0, 0.1) is 3.57 Å². The van der Waals surface area contributed by atoms with Crippen LogP contribution in [-0.4, -0.2) is 23.0 Å². The zero-order chi connectivity index (χ0) is 22.7. The van der Waals surface area contributed by atoms with E-state index in [1.807, 2.05) is 22.6 Å². The molecule has 0 aromatic heterocycles. The van der Waals surface area contributed by atoms with Gasteiger partial charge >= 0.3 is 18.3 Å². The van der Waals surface area contributed by atoms with Gasteiger partial charge in [-0.3, -0.25) is 4.79 Å². The van der Waals surface area contributed by atoms with Gasteiger partial charge in [0.2, 0.25) is 5.91 Å². The van der Waals surface area contributed by atoms with Gasteiger partial charge in [0.1, 0.15) is 6.04 Å². The van der Waals surface area contributed by atoms with Crippen molar-refractivity contribution in [1.29, 1.82) is 0 Å². The molecule has 2 aromatic carbocycles. The third-order valence-corrected chi connectivity index (χ3v) is 4.65. The van der Waals surface area contributed by atoms with E-state index in [4.69, 9.17) is 0 Å². The lowest BCUT2D eigenvalue weighted by molar-refractivity contribution is -0.143. The monoisotopic (exact) mass is 545 g/mol. The zero-order valence-electron chi connectivity index (χ0n) is 14.9. The number of hydrogen-bond acceptors (Lipinski definition) is 2. The second-order valence-corrected chi connectivity index (χ2v) is 7.63. The molecule has 4 nitrogen and oxygen atoms in total. The van der Waals surface area contributed by atoms with Crippen LogP contribution in [-0.2, 0) is 34.8 Å². The quantitative estimate of drug-likeness (QED) is 0.410. The lowest BCUT2D eigenvalue weighted by Crippen LogP contribution is -2.43. The van der Waals surface area contributed by atoms with Crippen molar-refractivity contribution in [2.24, 2.45) is 0 Å². The number of carboxylic acids is 1. The summed E-state index contributed by atoms with van der Waals surface area (Å²) in [6.45, 7) is 0. The standard InChI is InChI=1S/C19H14F6INO3/c20-18(21,22)12-4-11(5-13(9-12)19(23,24)25)8-16(28)27-15(17(29)30)7-10-2-1-3-14(26)6-10/h1-6,9,15H,7-8H2,(H,27,28)(H,29,30)/t15-/m1/s1. The molecule has 0 fully saturated rings. The summed E-state index contributed by atoms with van der Waals surface area (Å²) in [5, 5.41) is 11.5. The van der Waals surface area contributed by atoms with Gasteiger partial charge in [0.25, 0.3) is 0 Å². The van der Waals surface area contributed by atoms with E-state index in [0.29, 0.717) is 17.7 Å². The molecule has 11 heteroatoms. The summed E-state index contributed by atoms with van der Waals surface area (Å²) in [6.07, 6.45) is -11.0. The molecule has 0 unspecified atom stereocenters.